The van der Waals surface area contributed by atoms with E-state index in [-0.39, 0.29) is 6.79 Å². The molecule has 0 fully saturated rings. The van der Waals surface area contributed by atoms with Gasteiger partial charge in [-0.15, -0.1) is 0 Å². The number of aliphatic hydroxyl groups is 1. The summed E-state index contributed by atoms with van der Waals surface area (Å²) in [6.45, 7) is 2.61. The Kier molecular flexibility index (Phi) is 3.51. The van der Waals surface area contributed by atoms with Crippen LogP contribution < -0.4 is 14.2 Å². The summed E-state index contributed by atoms with van der Waals surface area (Å²) >= 11 is 0. The monoisotopic (exact) mass is 224 g/mol. The van der Waals surface area contributed by atoms with Gasteiger partial charge in [0.05, 0.1) is 6.10 Å². The van der Waals surface area contributed by atoms with Crippen LogP contribution in [0.4, 0.5) is 0 Å². The van der Waals surface area contributed by atoms with Crippen LogP contribution in [0.5, 0.6) is 17.2 Å². The van der Waals surface area contributed by atoms with Crippen LogP contribution in [-0.2, 0) is 0 Å². The molecule has 1 aromatic carbocycles. The van der Waals surface area contributed by atoms with Gasteiger partial charge in [0.15, 0.2) is 11.5 Å². The molecular weight excluding hydrogens is 208 g/mol. The molecule has 1 aliphatic heterocycles. The fraction of sp³-hybridized carbons (Fsp3) is 0.500. The minimum absolute atomic E-state index is 0.261. The number of rotatable bonds is 5. The van der Waals surface area contributed by atoms with Crippen LogP contribution in [-0.4, -0.2) is 24.6 Å². The van der Waals surface area contributed by atoms with Crippen molar-refractivity contribution in [2.75, 3.05) is 13.4 Å². The van der Waals surface area contributed by atoms with E-state index < -0.39 is 6.10 Å². The Morgan fingerprint density at radius 3 is 3.00 bits per heavy atom. The lowest BCUT2D eigenvalue weighted by Gasteiger charge is -2.11. The van der Waals surface area contributed by atoms with Crippen LogP contribution in [0.15, 0.2) is 18.2 Å². The topological polar surface area (TPSA) is 47.9 Å². The lowest BCUT2D eigenvalue weighted by Crippen LogP contribution is -2.16. The number of hydrogen-bond acceptors (Lipinski definition) is 4. The van der Waals surface area contributed by atoms with Gasteiger partial charge >= 0.3 is 0 Å². The number of aliphatic hydroxyl groups excluding tert-OH is 1. The minimum atomic E-state index is -0.407. The molecule has 16 heavy (non-hydrogen) atoms. The largest absolute Gasteiger partial charge is 0.491 e. The Labute approximate surface area is 94.8 Å². The van der Waals surface area contributed by atoms with E-state index in [0.29, 0.717) is 18.1 Å². The highest BCUT2D eigenvalue weighted by molar-refractivity contribution is 5.46. The van der Waals surface area contributed by atoms with Crippen LogP contribution >= 0.6 is 0 Å². The molecule has 0 bridgehead atoms. The summed E-state index contributed by atoms with van der Waals surface area (Å²) < 4.78 is 15.9. The Morgan fingerprint density at radius 1 is 1.38 bits per heavy atom. The van der Waals surface area contributed by atoms with Crippen molar-refractivity contribution in [2.45, 2.75) is 25.9 Å². The normalized spacial score (nSPS) is 14.9. The SMILES string of the molecule is CCC[C@@H](O)COc1ccc2c(c1)OCO2. The maximum Gasteiger partial charge on any atom is 0.231 e. The molecule has 0 saturated carbocycles. The van der Waals surface area contributed by atoms with Crippen molar-refractivity contribution >= 4 is 0 Å². The van der Waals surface area contributed by atoms with E-state index >= 15 is 0 Å². The van der Waals surface area contributed by atoms with Gasteiger partial charge in [-0.2, -0.15) is 0 Å². The van der Waals surface area contributed by atoms with Gasteiger partial charge in [-0.05, 0) is 18.6 Å². The van der Waals surface area contributed by atoms with Crippen molar-refractivity contribution in [3.63, 3.8) is 0 Å². The first-order valence-electron chi connectivity index (χ1n) is 5.50. The van der Waals surface area contributed by atoms with Gasteiger partial charge < -0.3 is 19.3 Å². The molecule has 0 spiro atoms. The van der Waals surface area contributed by atoms with Crippen molar-refractivity contribution in [1.29, 1.82) is 0 Å². The summed E-state index contributed by atoms with van der Waals surface area (Å²) in [5, 5.41) is 9.52. The number of fused-ring (bicyclic) bond motifs is 1. The van der Waals surface area contributed by atoms with Gasteiger partial charge in [-0.1, -0.05) is 13.3 Å². The summed E-state index contributed by atoms with van der Waals surface area (Å²) in [6, 6.07) is 5.40. The Hall–Kier alpha value is -1.42. The van der Waals surface area contributed by atoms with Crippen LogP contribution in [0.1, 0.15) is 19.8 Å². The van der Waals surface area contributed by atoms with Crippen molar-refractivity contribution in [1.82, 2.24) is 0 Å². The minimum Gasteiger partial charge on any atom is -0.491 e. The molecule has 4 heteroatoms. The lowest BCUT2D eigenvalue weighted by atomic mass is 10.2. The zero-order valence-corrected chi connectivity index (χ0v) is 9.31. The second kappa shape index (κ2) is 5.07. The van der Waals surface area contributed by atoms with E-state index in [4.69, 9.17) is 14.2 Å². The molecule has 88 valence electrons. The molecule has 0 saturated heterocycles. The van der Waals surface area contributed by atoms with Gasteiger partial charge in [0.25, 0.3) is 0 Å². The molecule has 0 aromatic heterocycles. The molecule has 1 aromatic rings. The third-order valence-corrected chi connectivity index (χ3v) is 2.41. The highest BCUT2D eigenvalue weighted by Gasteiger charge is 2.14. The van der Waals surface area contributed by atoms with E-state index in [1.165, 1.54) is 0 Å². The molecular formula is C12H16O4. The van der Waals surface area contributed by atoms with E-state index in [1.807, 2.05) is 19.1 Å². The zero-order chi connectivity index (χ0) is 11.4. The first-order chi connectivity index (χ1) is 7.79. The van der Waals surface area contributed by atoms with Gasteiger partial charge in [0, 0.05) is 6.07 Å². The van der Waals surface area contributed by atoms with E-state index in [2.05, 4.69) is 0 Å². The third kappa shape index (κ3) is 2.58. The second-order valence-electron chi connectivity index (χ2n) is 3.77. The Bertz CT molecular complexity index is 351. The summed E-state index contributed by atoms with van der Waals surface area (Å²) in [5.41, 5.74) is 0. The lowest BCUT2D eigenvalue weighted by molar-refractivity contribution is 0.0992. The standard InChI is InChI=1S/C12H16O4/c1-2-3-9(13)7-14-10-4-5-11-12(6-10)16-8-15-11/h4-6,9,13H,2-3,7-8H2,1H3/t9-/m1/s1. The number of benzene rings is 1. The predicted octanol–water partition coefficient (Wildman–Crippen LogP) is 1.96. The summed E-state index contributed by atoms with van der Waals surface area (Å²) in [4.78, 5) is 0. The number of hydrogen-bond donors (Lipinski definition) is 1. The molecule has 1 heterocycles. The fourth-order valence-electron chi connectivity index (χ4n) is 1.58. The van der Waals surface area contributed by atoms with Crippen LogP contribution in [0.2, 0.25) is 0 Å². The van der Waals surface area contributed by atoms with Crippen LogP contribution in [0.25, 0.3) is 0 Å². The molecule has 0 radical (unpaired) electrons. The smallest absolute Gasteiger partial charge is 0.231 e. The maximum atomic E-state index is 9.52. The molecule has 0 aliphatic carbocycles. The summed E-state index contributed by atoms with van der Waals surface area (Å²) in [6.07, 6.45) is 1.30. The third-order valence-electron chi connectivity index (χ3n) is 2.41. The van der Waals surface area contributed by atoms with Crippen LogP contribution in [0, 0.1) is 0 Å². The Morgan fingerprint density at radius 2 is 2.19 bits per heavy atom. The molecule has 1 N–H and O–H groups in total. The molecule has 0 unspecified atom stereocenters. The van der Waals surface area contributed by atoms with Crippen molar-refractivity contribution in [3.05, 3.63) is 18.2 Å². The Balaban J connectivity index is 1.90. The zero-order valence-electron chi connectivity index (χ0n) is 9.31. The highest BCUT2D eigenvalue weighted by atomic mass is 16.7. The van der Waals surface area contributed by atoms with Crippen molar-refractivity contribution in [2.24, 2.45) is 0 Å². The maximum absolute atomic E-state index is 9.52. The van der Waals surface area contributed by atoms with E-state index in [9.17, 15) is 5.11 Å². The second-order valence-corrected chi connectivity index (χ2v) is 3.77. The molecule has 1 aliphatic rings. The van der Waals surface area contributed by atoms with Gasteiger partial charge in [-0.25, -0.2) is 0 Å². The predicted molar refractivity (Wildman–Crippen MR) is 59.0 cm³/mol. The van der Waals surface area contributed by atoms with Crippen molar-refractivity contribution in [3.8, 4) is 17.2 Å². The molecule has 4 nitrogen and oxygen atoms in total. The highest BCUT2D eigenvalue weighted by Crippen LogP contribution is 2.35. The van der Waals surface area contributed by atoms with Gasteiger partial charge in [0.1, 0.15) is 12.4 Å². The van der Waals surface area contributed by atoms with Crippen LogP contribution in [0.3, 0.4) is 0 Å². The summed E-state index contributed by atoms with van der Waals surface area (Å²) in [7, 11) is 0. The first-order valence-corrected chi connectivity index (χ1v) is 5.50. The van der Waals surface area contributed by atoms with E-state index in [0.717, 1.165) is 18.6 Å². The summed E-state index contributed by atoms with van der Waals surface area (Å²) in [5.74, 6) is 2.13. The fourth-order valence-corrected chi connectivity index (χ4v) is 1.58. The van der Waals surface area contributed by atoms with Crippen molar-refractivity contribution < 1.29 is 19.3 Å². The van der Waals surface area contributed by atoms with Gasteiger partial charge in [0.2, 0.25) is 6.79 Å². The quantitative estimate of drug-likeness (QED) is 0.830. The van der Waals surface area contributed by atoms with E-state index in [1.54, 1.807) is 6.07 Å². The molecule has 1 atom stereocenters. The number of ether oxygens (including phenoxy) is 3. The molecule has 0 amide bonds. The first kappa shape index (κ1) is 11.1. The average Bonchev–Trinajstić information content (AvgIpc) is 2.74. The molecule has 2 rings (SSSR count). The average molecular weight is 224 g/mol. The van der Waals surface area contributed by atoms with Gasteiger partial charge in [-0.3, -0.25) is 0 Å².